The number of rotatable bonds is 15. The molecule has 0 saturated heterocycles. The first-order valence-corrected chi connectivity index (χ1v) is 17.9. The lowest BCUT2D eigenvalue weighted by atomic mass is 9.94. The van der Waals surface area contributed by atoms with Gasteiger partial charge in [-0.15, -0.1) is 0 Å². The van der Waals surface area contributed by atoms with E-state index in [2.05, 4.69) is 5.32 Å². The van der Waals surface area contributed by atoms with Crippen molar-refractivity contribution in [2.45, 2.75) is 83.8 Å². The minimum absolute atomic E-state index is 0.0800. The first-order chi connectivity index (χ1) is 21.7. The van der Waals surface area contributed by atoms with Gasteiger partial charge in [0.25, 0.3) is 0 Å². The number of amides is 2. The molecule has 2 amide bonds. The van der Waals surface area contributed by atoms with E-state index in [1.54, 1.807) is 29.2 Å². The lowest BCUT2D eigenvalue weighted by Gasteiger charge is -2.34. The second kappa shape index (κ2) is 16.5. The second-order valence-corrected chi connectivity index (χ2v) is 13.8. The van der Waals surface area contributed by atoms with Crippen molar-refractivity contribution in [1.82, 2.24) is 10.2 Å². The van der Waals surface area contributed by atoms with Crippen LogP contribution in [0.5, 0.6) is 5.75 Å². The summed E-state index contributed by atoms with van der Waals surface area (Å²) in [6, 6.07) is 24.2. The van der Waals surface area contributed by atoms with Gasteiger partial charge in [0.2, 0.25) is 21.8 Å². The molecule has 1 aliphatic rings. The number of benzene rings is 3. The number of carbonyl (C=O) groups excluding carboxylic acids is 2. The molecule has 8 nitrogen and oxygen atoms in total. The molecule has 0 radical (unpaired) electrons. The monoisotopic (exact) mass is 633 g/mol. The van der Waals surface area contributed by atoms with Gasteiger partial charge in [-0.2, -0.15) is 0 Å². The van der Waals surface area contributed by atoms with E-state index in [-0.39, 0.29) is 43.8 Å². The average molecular weight is 634 g/mol. The molecule has 1 aliphatic carbocycles. The fourth-order valence-corrected chi connectivity index (χ4v) is 6.88. The Hall–Kier alpha value is -3.85. The van der Waals surface area contributed by atoms with Crippen LogP contribution in [0, 0.1) is 6.92 Å². The van der Waals surface area contributed by atoms with Crippen LogP contribution >= 0.6 is 0 Å². The van der Waals surface area contributed by atoms with Gasteiger partial charge in [0.05, 0.1) is 18.6 Å². The van der Waals surface area contributed by atoms with Crippen molar-refractivity contribution in [3.63, 3.8) is 0 Å². The van der Waals surface area contributed by atoms with Gasteiger partial charge in [-0.1, -0.05) is 91.6 Å². The lowest BCUT2D eigenvalue weighted by molar-refractivity contribution is -0.141. The Bertz CT molecular complexity index is 1490. The highest BCUT2D eigenvalue weighted by Gasteiger charge is 2.32. The predicted molar refractivity (Wildman–Crippen MR) is 180 cm³/mol. The van der Waals surface area contributed by atoms with Crippen molar-refractivity contribution in [2.24, 2.45) is 0 Å². The van der Waals surface area contributed by atoms with Crippen molar-refractivity contribution in [3.05, 3.63) is 95.6 Å². The van der Waals surface area contributed by atoms with E-state index in [0.29, 0.717) is 24.5 Å². The summed E-state index contributed by atoms with van der Waals surface area (Å²) in [6.07, 6.45) is 7.14. The SMILES string of the molecule is CCOc1ccccc1N(CCCC(=O)N(Cc1ccc(C)cc1)C(Cc1ccccc1)C(=O)NC1CCCCC1)S(C)(=O)=O. The quantitative estimate of drug-likeness (QED) is 0.221. The Labute approximate surface area is 268 Å². The van der Waals surface area contributed by atoms with Crippen LogP contribution in [-0.4, -0.2) is 56.6 Å². The van der Waals surface area contributed by atoms with Crippen molar-refractivity contribution in [1.29, 1.82) is 0 Å². The van der Waals surface area contributed by atoms with Crippen molar-refractivity contribution in [2.75, 3.05) is 23.7 Å². The zero-order valence-corrected chi connectivity index (χ0v) is 27.6. The molecule has 3 aromatic carbocycles. The normalized spacial score (nSPS) is 14.4. The van der Waals surface area contributed by atoms with Crippen molar-refractivity contribution < 1.29 is 22.7 Å². The number of carbonyl (C=O) groups is 2. The maximum atomic E-state index is 14.1. The highest BCUT2D eigenvalue weighted by atomic mass is 32.2. The van der Waals surface area contributed by atoms with Crippen LogP contribution in [0.25, 0.3) is 0 Å². The number of nitrogens with one attached hydrogen (secondary N) is 1. The first kappa shape index (κ1) is 34.0. The molecule has 9 heteroatoms. The van der Waals surface area contributed by atoms with Crippen LogP contribution in [0.2, 0.25) is 0 Å². The van der Waals surface area contributed by atoms with Crippen LogP contribution in [0.3, 0.4) is 0 Å². The van der Waals surface area contributed by atoms with Gasteiger partial charge in [-0.25, -0.2) is 8.42 Å². The van der Waals surface area contributed by atoms with Crippen LogP contribution in [-0.2, 0) is 32.6 Å². The summed E-state index contributed by atoms with van der Waals surface area (Å²) in [6.45, 7) is 4.63. The van der Waals surface area contributed by atoms with E-state index in [0.717, 1.165) is 48.6 Å². The van der Waals surface area contributed by atoms with Crippen molar-refractivity contribution >= 4 is 27.5 Å². The minimum atomic E-state index is -3.65. The van der Waals surface area contributed by atoms with E-state index in [1.165, 1.54) is 10.7 Å². The number of para-hydroxylation sites is 2. The molecule has 242 valence electrons. The third-order valence-corrected chi connectivity index (χ3v) is 9.46. The average Bonchev–Trinajstić information content (AvgIpc) is 3.03. The van der Waals surface area contributed by atoms with E-state index < -0.39 is 16.1 Å². The molecular weight excluding hydrogens is 586 g/mol. The third-order valence-electron chi connectivity index (χ3n) is 8.28. The Morgan fingerprint density at radius 2 is 1.58 bits per heavy atom. The zero-order chi connectivity index (χ0) is 32.2. The fraction of sp³-hybridized carbons (Fsp3) is 0.444. The lowest BCUT2D eigenvalue weighted by Crippen LogP contribution is -2.52. The summed E-state index contributed by atoms with van der Waals surface area (Å²) in [4.78, 5) is 29.8. The largest absolute Gasteiger partial charge is 0.492 e. The Morgan fingerprint density at radius 1 is 0.911 bits per heavy atom. The number of hydrogen-bond donors (Lipinski definition) is 1. The minimum Gasteiger partial charge on any atom is -0.492 e. The molecule has 1 unspecified atom stereocenters. The standard InChI is InChI=1S/C36H47N3O5S/c1-4-44-34-19-12-11-18-32(34)39(45(3,42)43)25-13-20-35(40)38(27-30-23-21-28(2)22-24-30)33(26-29-14-7-5-8-15-29)36(41)37-31-16-9-6-10-17-31/h5,7-8,11-12,14-15,18-19,21-24,31,33H,4,6,9-10,13,16-17,20,25-27H2,1-3H3,(H,37,41). The molecule has 0 heterocycles. The third kappa shape index (κ3) is 10.1. The molecule has 1 atom stereocenters. The van der Waals surface area contributed by atoms with E-state index >= 15 is 0 Å². The molecule has 3 aromatic rings. The molecule has 1 N–H and O–H groups in total. The summed E-state index contributed by atoms with van der Waals surface area (Å²) in [5.41, 5.74) is 3.46. The van der Waals surface area contributed by atoms with Gasteiger partial charge in [0, 0.05) is 32.0 Å². The Kier molecular flexibility index (Phi) is 12.4. The first-order valence-electron chi connectivity index (χ1n) is 16.0. The molecule has 1 fully saturated rings. The molecule has 45 heavy (non-hydrogen) atoms. The second-order valence-electron chi connectivity index (χ2n) is 11.9. The number of aryl methyl sites for hydroxylation is 1. The summed E-state index contributed by atoms with van der Waals surface area (Å²) >= 11 is 0. The summed E-state index contributed by atoms with van der Waals surface area (Å²) in [7, 11) is -3.65. The van der Waals surface area contributed by atoms with E-state index in [1.807, 2.05) is 68.4 Å². The van der Waals surface area contributed by atoms with E-state index in [4.69, 9.17) is 4.74 Å². The molecule has 0 aliphatic heterocycles. The molecule has 4 rings (SSSR count). The van der Waals surface area contributed by atoms with Crippen LogP contribution in [0.4, 0.5) is 5.69 Å². The predicted octanol–water partition coefficient (Wildman–Crippen LogP) is 6.03. The smallest absolute Gasteiger partial charge is 0.243 e. The number of hydrogen-bond acceptors (Lipinski definition) is 5. The summed E-state index contributed by atoms with van der Waals surface area (Å²) in [5.74, 6) is 0.136. The van der Waals surface area contributed by atoms with Crippen LogP contribution in [0.15, 0.2) is 78.9 Å². The number of ether oxygens (including phenoxy) is 1. The highest BCUT2D eigenvalue weighted by Crippen LogP contribution is 2.30. The van der Waals surface area contributed by atoms with Gasteiger partial charge in [0.1, 0.15) is 11.8 Å². The number of nitrogens with zero attached hydrogens (tertiary/aromatic N) is 2. The van der Waals surface area contributed by atoms with Crippen LogP contribution < -0.4 is 14.4 Å². The Balaban J connectivity index is 1.59. The molecule has 1 saturated carbocycles. The molecule has 0 bridgehead atoms. The topological polar surface area (TPSA) is 96.0 Å². The van der Waals surface area contributed by atoms with Gasteiger partial charge in [0.15, 0.2) is 0 Å². The van der Waals surface area contributed by atoms with Crippen molar-refractivity contribution in [3.8, 4) is 5.75 Å². The zero-order valence-electron chi connectivity index (χ0n) is 26.8. The fourth-order valence-electron chi connectivity index (χ4n) is 5.91. The Morgan fingerprint density at radius 3 is 2.24 bits per heavy atom. The summed E-state index contributed by atoms with van der Waals surface area (Å²) in [5, 5.41) is 3.27. The highest BCUT2D eigenvalue weighted by molar-refractivity contribution is 7.92. The van der Waals surface area contributed by atoms with Gasteiger partial charge < -0.3 is 15.0 Å². The summed E-state index contributed by atoms with van der Waals surface area (Å²) < 4.78 is 32.8. The van der Waals surface area contributed by atoms with Gasteiger partial charge in [-0.3, -0.25) is 13.9 Å². The van der Waals surface area contributed by atoms with Crippen LogP contribution in [0.1, 0.15) is 68.6 Å². The maximum Gasteiger partial charge on any atom is 0.243 e. The van der Waals surface area contributed by atoms with Gasteiger partial charge >= 0.3 is 0 Å². The molecule has 0 spiro atoms. The maximum absolute atomic E-state index is 14.1. The number of sulfonamides is 1. The number of anilines is 1. The van der Waals surface area contributed by atoms with Gasteiger partial charge in [-0.05, 0) is 56.4 Å². The molecular formula is C36H47N3O5S. The molecule has 0 aromatic heterocycles. The van der Waals surface area contributed by atoms with E-state index in [9.17, 15) is 18.0 Å².